The van der Waals surface area contributed by atoms with Crippen LogP contribution in [-0.4, -0.2) is 43.7 Å². The maximum absolute atomic E-state index is 12.0. The molecule has 0 aliphatic heterocycles. The summed E-state index contributed by atoms with van der Waals surface area (Å²) in [6.45, 7) is 0.194. The maximum Gasteiger partial charge on any atom is 0.303 e. The molecule has 112 valence electrons. The molecule has 0 aliphatic rings. The zero-order valence-corrected chi connectivity index (χ0v) is 12.4. The molecule has 0 spiro atoms. The van der Waals surface area contributed by atoms with Gasteiger partial charge in [0.2, 0.25) is 10.0 Å². The second-order valence-corrected chi connectivity index (χ2v) is 6.58. The number of hydrogen-bond acceptors (Lipinski definition) is 4. The Morgan fingerprint density at radius 3 is 2.60 bits per heavy atom. The lowest BCUT2D eigenvalue weighted by Gasteiger charge is -2.18. The molecule has 0 amide bonds. The summed E-state index contributed by atoms with van der Waals surface area (Å²) >= 11 is 0. The molecular weight excluding hydrogens is 282 g/mol. The van der Waals surface area contributed by atoms with Gasteiger partial charge in [0.15, 0.2) is 0 Å². The normalized spacial score (nSPS) is 11.6. The van der Waals surface area contributed by atoms with Crippen LogP contribution >= 0.6 is 0 Å². The lowest BCUT2D eigenvalue weighted by atomic mass is 10.2. The predicted molar refractivity (Wildman–Crippen MR) is 75.1 cm³/mol. The van der Waals surface area contributed by atoms with Crippen LogP contribution in [0.4, 0.5) is 0 Å². The summed E-state index contributed by atoms with van der Waals surface area (Å²) in [6.07, 6.45) is -0.0460. The lowest BCUT2D eigenvalue weighted by molar-refractivity contribution is -0.137. The van der Waals surface area contributed by atoms with E-state index in [0.29, 0.717) is 5.75 Å². The van der Waals surface area contributed by atoms with E-state index in [4.69, 9.17) is 9.84 Å². The van der Waals surface area contributed by atoms with Crippen molar-refractivity contribution < 1.29 is 23.1 Å². The second kappa shape index (κ2) is 7.25. The number of aliphatic carboxylic acids is 1. The highest BCUT2D eigenvalue weighted by molar-refractivity contribution is 7.89. The van der Waals surface area contributed by atoms with E-state index >= 15 is 0 Å². The van der Waals surface area contributed by atoms with E-state index in [0.717, 1.165) is 5.56 Å². The van der Waals surface area contributed by atoms with Crippen LogP contribution in [0.3, 0.4) is 0 Å². The van der Waals surface area contributed by atoms with Gasteiger partial charge in [-0.05, 0) is 12.5 Å². The van der Waals surface area contributed by atoms with Crippen molar-refractivity contribution in [3.8, 4) is 5.75 Å². The van der Waals surface area contributed by atoms with Crippen molar-refractivity contribution in [2.75, 3.05) is 19.9 Å². The number of nitrogens with zero attached hydrogens (tertiary/aromatic N) is 1. The summed E-state index contributed by atoms with van der Waals surface area (Å²) in [5.41, 5.74) is 0.763. The van der Waals surface area contributed by atoms with Crippen LogP contribution in [0.1, 0.15) is 18.4 Å². The number of para-hydroxylation sites is 1. The van der Waals surface area contributed by atoms with E-state index in [1.54, 1.807) is 12.1 Å². The highest BCUT2D eigenvalue weighted by atomic mass is 32.2. The van der Waals surface area contributed by atoms with Crippen molar-refractivity contribution in [3.63, 3.8) is 0 Å². The Morgan fingerprint density at radius 1 is 1.35 bits per heavy atom. The van der Waals surface area contributed by atoms with Crippen LogP contribution in [0.15, 0.2) is 24.3 Å². The lowest BCUT2D eigenvalue weighted by Crippen LogP contribution is -2.29. The molecule has 7 heteroatoms. The molecule has 0 atom stereocenters. The highest BCUT2D eigenvalue weighted by Crippen LogP contribution is 2.20. The Hall–Kier alpha value is -1.60. The maximum atomic E-state index is 12.0. The zero-order chi connectivity index (χ0) is 15.2. The molecule has 0 saturated heterocycles. The molecule has 0 fully saturated rings. The third-order valence-corrected chi connectivity index (χ3v) is 4.74. The summed E-state index contributed by atoms with van der Waals surface area (Å²) in [5, 5.41) is 8.53. The summed E-state index contributed by atoms with van der Waals surface area (Å²) in [6, 6.07) is 7.18. The van der Waals surface area contributed by atoms with Gasteiger partial charge in [-0.1, -0.05) is 18.2 Å². The summed E-state index contributed by atoms with van der Waals surface area (Å²) in [4.78, 5) is 10.4. The molecule has 1 aromatic carbocycles. The van der Waals surface area contributed by atoms with Crippen molar-refractivity contribution in [2.24, 2.45) is 0 Å². The number of sulfonamides is 1. The monoisotopic (exact) mass is 301 g/mol. The van der Waals surface area contributed by atoms with E-state index < -0.39 is 16.0 Å². The van der Waals surface area contributed by atoms with Crippen LogP contribution < -0.4 is 4.74 Å². The molecule has 1 N–H and O–H groups in total. The molecule has 0 aromatic heterocycles. The molecule has 0 aliphatic carbocycles. The molecule has 0 bridgehead atoms. The minimum atomic E-state index is -3.46. The predicted octanol–water partition coefficient (Wildman–Crippen LogP) is 1.32. The SMILES string of the molecule is COc1ccccc1CN(C)S(=O)(=O)CCCC(=O)O. The van der Waals surface area contributed by atoms with Gasteiger partial charge in [0, 0.05) is 25.6 Å². The average Bonchev–Trinajstić information content (AvgIpc) is 2.38. The van der Waals surface area contributed by atoms with E-state index in [9.17, 15) is 13.2 Å². The Morgan fingerprint density at radius 2 is 2.00 bits per heavy atom. The number of carboxylic acids is 1. The van der Waals surface area contributed by atoms with Gasteiger partial charge in [0.05, 0.1) is 12.9 Å². The fraction of sp³-hybridized carbons (Fsp3) is 0.462. The van der Waals surface area contributed by atoms with Gasteiger partial charge in [-0.3, -0.25) is 4.79 Å². The first kappa shape index (κ1) is 16.5. The number of ether oxygens (including phenoxy) is 1. The molecule has 1 rings (SSSR count). The second-order valence-electron chi connectivity index (χ2n) is 4.38. The smallest absolute Gasteiger partial charge is 0.303 e. The Labute approximate surface area is 119 Å². The first-order chi connectivity index (χ1) is 9.36. The van der Waals surface area contributed by atoms with E-state index in [2.05, 4.69) is 0 Å². The third-order valence-electron chi connectivity index (χ3n) is 2.85. The van der Waals surface area contributed by atoms with Crippen molar-refractivity contribution in [3.05, 3.63) is 29.8 Å². The quantitative estimate of drug-likeness (QED) is 0.783. The highest BCUT2D eigenvalue weighted by Gasteiger charge is 2.19. The number of carbonyl (C=O) groups is 1. The number of methoxy groups -OCH3 is 1. The average molecular weight is 301 g/mol. The van der Waals surface area contributed by atoms with Gasteiger partial charge in [-0.2, -0.15) is 0 Å². The van der Waals surface area contributed by atoms with Crippen molar-refractivity contribution in [2.45, 2.75) is 19.4 Å². The van der Waals surface area contributed by atoms with Gasteiger partial charge in [-0.25, -0.2) is 12.7 Å². The molecule has 6 nitrogen and oxygen atoms in total. The molecule has 1 aromatic rings. The first-order valence-electron chi connectivity index (χ1n) is 6.14. The number of carboxylic acid groups (broad SMARTS) is 1. The van der Waals surface area contributed by atoms with Gasteiger partial charge in [0.1, 0.15) is 5.75 Å². The first-order valence-corrected chi connectivity index (χ1v) is 7.75. The zero-order valence-electron chi connectivity index (χ0n) is 11.6. The van der Waals surface area contributed by atoms with Gasteiger partial charge in [-0.15, -0.1) is 0 Å². The fourth-order valence-corrected chi connectivity index (χ4v) is 2.89. The van der Waals surface area contributed by atoms with Crippen LogP contribution in [0.5, 0.6) is 5.75 Å². The van der Waals surface area contributed by atoms with Crippen LogP contribution in [-0.2, 0) is 21.4 Å². The van der Waals surface area contributed by atoms with Gasteiger partial charge < -0.3 is 9.84 Å². The summed E-state index contributed by atoms with van der Waals surface area (Å²) in [7, 11) is -0.462. The molecular formula is C13H19NO5S. The Balaban J connectivity index is 2.69. The van der Waals surface area contributed by atoms with E-state index in [1.807, 2.05) is 12.1 Å². The number of benzene rings is 1. The fourth-order valence-electron chi connectivity index (χ4n) is 1.73. The summed E-state index contributed by atoms with van der Waals surface area (Å²) in [5.74, 6) is -0.544. The molecule has 0 unspecified atom stereocenters. The molecule has 0 radical (unpaired) electrons. The van der Waals surface area contributed by atoms with Gasteiger partial charge in [0.25, 0.3) is 0 Å². The van der Waals surface area contributed by atoms with Crippen LogP contribution in [0.2, 0.25) is 0 Å². The summed E-state index contributed by atoms with van der Waals surface area (Å²) < 4.78 is 30.4. The standard InChI is InChI=1S/C13H19NO5S/c1-14(20(17,18)9-5-8-13(15)16)10-11-6-3-4-7-12(11)19-2/h3-4,6-7H,5,8-10H2,1-2H3,(H,15,16). The number of hydrogen-bond donors (Lipinski definition) is 1. The van der Waals surface area contributed by atoms with E-state index in [-0.39, 0.29) is 25.1 Å². The minimum Gasteiger partial charge on any atom is -0.496 e. The van der Waals surface area contributed by atoms with Crippen molar-refractivity contribution >= 4 is 16.0 Å². The largest absolute Gasteiger partial charge is 0.496 e. The Bertz CT molecular complexity index is 556. The van der Waals surface area contributed by atoms with Crippen LogP contribution in [0, 0.1) is 0 Å². The van der Waals surface area contributed by atoms with Crippen LogP contribution in [0.25, 0.3) is 0 Å². The Kier molecular flexibility index (Phi) is 5.97. The topological polar surface area (TPSA) is 83.9 Å². The molecule has 20 heavy (non-hydrogen) atoms. The number of rotatable bonds is 8. The van der Waals surface area contributed by atoms with E-state index in [1.165, 1.54) is 18.5 Å². The van der Waals surface area contributed by atoms with Gasteiger partial charge >= 0.3 is 5.97 Å². The van der Waals surface area contributed by atoms with Crippen molar-refractivity contribution in [1.29, 1.82) is 0 Å². The molecule has 0 heterocycles. The third kappa shape index (κ3) is 4.82. The van der Waals surface area contributed by atoms with Crippen molar-refractivity contribution in [1.82, 2.24) is 4.31 Å². The minimum absolute atomic E-state index is 0.105. The molecule has 0 saturated carbocycles.